The average Bonchev–Trinajstić information content (AvgIpc) is 2.55. The van der Waals surface area contributed by atoms with Crippen molar-refractivity contribution < 1.29 is 29.4 Å². The maximum atomic E-state index is 11.4. The molecule has 0 aliphatic rings. The maximum absolute atomic E-state index is 11.4. The lowest BCUT2D eigenvalue weighted by atomic mass is 9.94. The standard InChI is InChI=1S/C16H8N2O6/c19-7-17-9-1-3-11(15(21)22)13(5-9)14-6-10(18-8-20)2-4-12(14)16(23)24/h1-6H,(H,21,22)(H,23,24). The van der Waals surface area contributed by atoms with E-state index in [0.29, 0.717) is 0 Å². The van der Waals surface area contributed by atoms with Crippen LogP contribution < -0.4 is 0 Å². The molecule has 0 saturated heterocycles. The number of carbonyl (C=O) groups excluding carboxylic acids is 2. The molecule has 0 heterocycles. The van der Waals surface area contributed by atoms with Crippen molar-refractivity contribution in [1.29, 1.82) is 0 Å². The number of nitrogens with zero attached hydrogens (tertiary/aromatic N) is 2. The Morgan fingerprint density at radius 1 is 0.750 bits per heavy atom. The summed E-state index contributed by atoms with van der Waals surface area (Å²) < 4.78 is 0. The van der Waals surface area contributed by atoms with Crippen molar-refractivity contribution in [1.82, 2.24) is 0 Å². The lowest BCUT2D eigenvalue weighted by molar-refractivity contribution is 0.0684. The Hall–Kier alpha value is -3.86. The molecule has 0 aromatic heterocycles. The van der Waals surface area contributed by atoms with Gasteiger partial charge in [0.1, 0.15) is 0 Å². The van der Waals surface area contributed by atoms with Gasteiger partial charge < -0.3 is 10.2 Å². The number of carboxylic acid groups (broad SMARTS) is 2. The Labute approximate surface area is 134 Å². The van der Waals surface area contributed by atoms with E-state index in [9.17, 15) is 29.4 Å². The average molecular weight is 324 g/mol. The number of carboxylic acids is 2. The first kappa shape index (κ1) is 16.5. The van der Waals surface area contributed by atoms with Crippen molar-refractivity contribution in [2.45, 2.75) is 0 Å². The molecule has 24 heavy (non-hydrogen) atoms. The second-order valence-corrected chi connectivity index (χ2v) is 4.48. The molecule has 8 nitrogen and oxygen atoms in total. The van der Waals surface area contributed by atoms with Crippen LogP contribution >= 0.6 is 0 Å². The van der Waals surface area contributed by atoms with Gasteiger partial charge in [0.15, 0.2) is 0 Å². The molecule has 0 saturated carbocycles. The normalized spacial score (nSPS) is 9.50. The van der Waals surface area contributed by atoms with Gasteiger partial charge in [-0.2, -0.15) is 9.98 Å². The highest BCUT2D eigenvalue weighted by Gasteiger charge is 2.19. The Morgan fingerprint density at radius 3 is 1.42 bits per heavy atom. The molecule has 0 bridgehead atoms. The van der Waals surface area contributed by atoms with Gasteiger partial charge in [0, 0.05) is 0 Å². The molecule has 0 unspecified atom stereocenters. The summed E-state index contributed by atoms with van der Waals surface area (Å²) >= 11 is 0. The number of hydrogen-bond donors (Lipinski definition) is 2. The molecule has 8 heteroatoms. The molecule has 0 spiro atoms. The molecule has 2 N–H and O–H groups in total. The summed E-state index contributed by atoms with van der Waals surface area (Å²) in [5.41, 5.74) is -0.167. The first-order valence-electron chi connectivity index (χ1n) is 6.38. The molecule has 0 amide bonds. The van der Waals surface area contributed by atoms with Crippen molar-refractivity contribution in [2.75, 3.05) is 0 Å². The van der Waals surface area contributed by atoms with E-state index in [-0.39, 0.29) is 33.6 Å². The van der Waals surface area contributed by atoms with Crippen molar-refractivity contribution in [3.05, 3.63) is 47.5 Å². The van der Waals surface area contributed by atoms with Gasteiger partial charge in [0.2, 0.25) is 12.2 Å². The second kappa shape index (κ2) is 6.93. The monoisotopic (exact) mass is 324 g/mol. The Bertz CT molecular complexity index is 860. The van der Waals surface area contributed by atoms with Crippen LogP contribution in [-0.4, -0.2) is 34.3 Å². The predicted octanol–water partition coefficient (Wildman–Crippen LogP) is 2.68. The zero-order valence-corrected chi connectivity index (χ0v) is 11.9. The summed E-state index contributed by atoms with van der Waals surface area (Å²) in [4.78, 5) is 50.4. The smallest absolute Gasteiger partial charge is 0.336 e. The third-order valence-electron chi connectivity index (χ3n) is 3.11. The Balaban J connectivity index is 2.86. The Morgan fingerprint density at radius 2 is 1.12 bits per heavy atom. The lowest BCUT2D eigenvalue weighted by Crippen LogP contribution is -2.04. The van der Waals surface area contributed by atoms with Crippen molar-refractivity contribution in [3.63, 3.8) is 0 Å². The van der Waals surface area contributed by atoms with Crippen LogP contribution in [0.1, 0.15) is 20.7 Å². The predicted molar refractivity (Wildman–Crippen MR) is 81.4 cm³/mol. The van der Waals surface area contributed by atoms with Crippen LogP contribution in [0.2, 0.25) is 0 Å². The van der Waals surface area contributed by atoms with Crippen LogP contribution in [0.25, 0.3) is 11.1 Å². The summed E-state index contributed by atoms with van der Waals surface area (Å²) in [6, 6.07) is 7.43. The van der Waals surface area contributed by atoms with Crippen LogP contribution in [0.4, 0.5) is 11.4 Å². The number of rotatable bonds is 5. The number of hydrogen-bond acceptors (Lipinski definition) is 6. The molecule has 0 aliphatic heterocycles. The second-order valence-electron chi connectivity index (χ2n) is 4.48. The molecular formula is C16H8N2O6. The van der Waals surface area contributed by atoms with Gasteiger partial charge in [-0.25, -0.2) is 19.2 Å². The molecule has 2 rings (SSSR count). The van der Waals surface area contributed by atoms with Crippen LogP contribution in [0, 0.1) is 0 Å². The third-order valence-corrected chi connectivity index (χ3v) is 3.11. The highest BCUT2D eigenvalue weighted by Crippen LogP contribution is 2.33. The minimum atomic E-state index is -1.30. The van der Waals surface area contributed by atoms with E-state index in [0.717, 1.165) is 0 Å². The van der Waals surface area contributed by atoms with Gasteiger partial charge in [-0.15, -0.1) is 0 Å². The van der Waals surface area contributed by atoms with E-state index in [1.165, 1.54) is 48.6 Å². The number of carbonyl (C=O) groups is 2. The fraction of sp³-hybridized carbons (Fsp3) is 0. The lowest BCUT2D eigenvalue weighted by Gasteiger charge is -2.11. The maximum Gasteiger partial charge on any atom is 0.336 e. The van der Waals surface area contributed by atoms with E-state index in [2.05, 4.69) is 9.98 Å². The first-order chi connectivity index (χ1) is 11.5. The van der Waals surface area contributed by atoms with Gasteiger partial charge in [-0.05, 0) is 47.5 Å². The van der Waals surface area contributed by atoms with Crippen LogP contribution in [-0.2, 0) is 9.59 Å². The zero-order valence-electron chi connectivity index (χ0n) is 11.9. The fourth-order valence-electron chi connectivity index (χ4n) is 2.13. The van der Waals surface area contributed by atoms with Crippen molar-refractivity contribution in [3.8, 4) is 11.1 Å². The van der Waals surface area contributed by atoms with Crippen LogP contribution in [0.3, 0.4) is 0 Å². The summed E-state index contributed by atoms with van der Waals surface area (Å²) in [7, 11) is 0. The number of aliphatic imine (C=N–C) groups is 2. The molecule has 0 radical (unpaired) electrons. The van der Waals surface area contributed by atoms with Crippen molar-refractivity contribution in [2.24, 2.45) is 9.98 Å². The molecular weight excluding hydrogens is 316 g/mol. The summed E-state index contributed by atoms with van der Waals surface area (Å²) in [5.74, 6) is -2.60. The molecule has 0 aliphatic carbocycles. The topological polar surface area (TPSA) is 133 Å². The molecule has 0 atom stereocenters. The Kier molecular flexibility index (Phi) is 4.77. The van der Waals surface area contributed by atoms with E-state index in [1.807, 2.05) is 0 Å². The minimum Gasteiger partial charge on any atom is -0.478 e. The molecule has 2 aromatic carbocycles. The van der Waals surface area contributed by atoms with E-state index < -0.39 is 11.9 Å². The summed E-state index contributed by atoms with van der Waals surface area (Å²) in [6.07, 6.45) is 2.64. The zero-order chi connectivity index (χ0) is 17.7. The van der Waals surface area contributed by atoms with E-state index >= 15 is 0 Å². The molecule has 118 valence electrons. The first-order valence-corrected chi connectivity index (χ1v) is 6.38. The third kappa shape index (κ3) is 3.31. The highest BCUT2D eigenvalue weighted by molar-refractivity contribution is 6.03. The van der Waals surface area contributed by atoms with Crippen LogP contribution in [0.15, 0.2) is 46.4 Å². The number of benzene rings is 2. The fourth-order valence-corrected chi connectivity index (χ4v) is 2.13. The summed E-state index contributed by atoms with van der Waals surface area (Å²) in [6.45, 7) is 0. The molecule has 2 aromatic rings. The number of aromatic carboxylic acids is 2. The van der Waals surface area contributed by atoms with Gasteiger partial charge in [-0.1, -0.05) is 0 Å². The quantitative estimate of drug-likeness (QED) is 0.641. The van der Waals surface area contributed by atoms with Gasteiger partial charge >= 0.3 is 11.9 Å². The minimum absolute atomic E-state index is 0.0133. The number of isocyanates is 2. The van der Waals surface area contributed by atoms with Gasteiger partial charge in [-0.3, -0.25) is 0 Å². The summed E-state index contributed by atoms with van der Waals surface area (Å²) in [5, 5.41) is 18.6. The van der Waals surface area contributed by atoms with Gasteiger partial charge in [0.25, 0.3) is 0 Å². The van der Waals surface area contributed by atoms with Gasteiger partial charge in [0.05, 0.1) is 22.5 Å². The van der Waals surface area contributed by atoms with Crippen LogP contribution in [0.5, 0.6) is 0 Å². The molecule has 0 fully saturated rings. The highest BCUT2D eigenvalue weighted by atomic mass is 16.4. The SMILES string of the molecule is O=C=Nc1ccc(C(=O)O)c(-c2cc(N=C=O)ccc2C(=O)O)c1. The van der Waals surface area contributed by atoms with Crippen molar-refractivity contribution >= 4 is 35.5 Å². The van der Waals surface area contributed by atoms with E-state index in [1.54, 1.807) is 0 Å². The van der Waals surface area contributed by atoms with E-state index in [4.69, 9.17) is 0 Å². The largest absolute Gasteiger partial charge is 0.478 e.